The Kier molecular flexibility index (Phi) is 4.62. The molecule has 134 valence electrons. The SMILES string of the molecule is Cc1cc(-c2cnc(NCc3cccc(F)c3)nc2C2CCCO2)on1. The van der Waals surface area contributed by atoms with E-state index in [0.717, 1.165) is 42.0 Å². The smallest absolute Gasteiger partial charge is 0.223 e. The molecule has 1 aliphatic rings. The minimum Gasteiger partial charge on any atom is -0.372 e. The first-order valence-electron chi connectivity index (χ1n) is 8.59. The number of aromatic nitrogens is 3. The van der Waals surface area contributed by atoms with Gasteiger partial charge in [-0.05, 0) is 37.5 Å². The summed E-state index contributed by atoms with van der Waals surface area (Å²) in [4.78, 5) is 9.02. The fourth-order valence-electron chi connectivity index (χ4n) is 3.03. The summed E-state index contributed by atoms with van der Waals surface area (Å²) in [5.74, 6) is 0.839. The van der Waals surface area contributed by atoms with Crippen molar-refractivity contribution in [2.45, 2.75) is 32.4 Å². The quantitative estimate of drug-likeness (QED) is 0.745. The molecule has 1 N–H and O–H groups in total. The number of rotatable bonds is 5. The van der Waals surface area contributed by atoms with Crippen LogP contribution in [0.3, 0.4) is 0 Å². The highest BCUT2D eigenvalue weighted by atomic mass is 19.1. The van der Waals surface area contributed by atoms with Gasteiger partial charge in [-0.15, -0.1) is 0 Å². The fraction of sp³-hybridized carbons (Fsp3) is 0.316. The van der Waals surface area contributed by atoms with Gasteiger partial charge < -0.3 is 14.6 Å². The van der Waals surface area contributed by atoms with Gasteiger partial charge in [-0.2, -0.15) is 0 Å². The van der Waals surface area contributed by atoms with Crippen LogP contribution in [0.25, 0.3) is 11.3 Å². The van der Waals surface area contributed by atoms with Gasteiger partial charge in [-0.1, -0.05) is 17.3 Å². The molecule has 0 aliphatic carbocycles. The molecular weight excluding hydrogens is 335 g/mol. The van der Waals surface area contributed by atoms with Gasteiger partial charge in [0.1, 0.15) is 11.9 Å². The first kappa shape index (κ1) is 16.7. The maximum absolute atomic E-state index is 13.3. The molecule has 0 spiro atoms. The molecule has 0 bridgehead atoms. The van der Waals surface area contributed by atoms with Crippen LogP contribution in [0.15, 0.2) is 41.1 Å². The Bertz CT molecular complexity index is 906. The van der Waals surface area contributed by atoms with E-state index in [1.54, 1.807) is 12.3 Å². The van der Waals surface area contributed by atoms with Crippen molar-refractivity contribution in [3.63, 3.8) is 0 Å². The molecule has 1 aromatic carbocycles. The molecule has 7 heteroatoms. The highest BCUT2D eigenvalue weighted by Crippen LogP contribution is 2.34. The number of ether oxygens (including phenoxy) is 1. The zero-order chi connectivity index (χ0) is 17.9. The summed E-state index contributed by atoms with van der Waals surface area (Å²) in [6, 6.07) is 8.30. The van der Waals surface area contributed by atoms with Gasteiger partial charge in [0.15, 0.2) is 5.76 Å². The van der Waals surface area contributed by atoms with Gasteiger partial charge in [-0.3, -0.25) is 0 Å². The predicted molar refractivity (Wildman–Crippen MR) is 93.9 cm³/mol. The maximum atomic E-state index is 13.3. The average molecular weight is 354 g/mol. The number of hydrogen-bond donors (Lipinski definition) is 1. The number of aryl methyl sites for hydroxylation is 1. The molecule has 1 saturated heterocycles. The van der Waals surface area contributed by atoms with Crippen molar-refractivity contribution in [1.82, 2.24) is 15.1 Å². The van der Waals surface area contributed by atoms with Gasteiger partial charge in [0, 0.05) is 25.4 Å². The van der Waals surface area contributed by atoms with E-state index in [2.05, 4.69) is 20.4 Å². The van der Waals surface area contributed by atoms with Crippen LogP contribution in [0.5, 0.6) is 0 Å². The molecule has 3 aromatic rings. The van der Waals surface area contributed by atoms with Crippen molar-refractivity contribution in [2.75, 3.05) is 11.9 Å². The third-order valence-electron chi connectivity index (χ3n) is 4.29. The van der Waals surface area contributed by atoms with Gasteiger partial charge in [-0.25, -0.2) is 14.4 Å². The molecular formula is C19H19FN4O2. The van der Waals surface area contributed by atoms with E-state index in [4.69, 9.17) is 9.26 Å². The lowest BCUT2D eigenvalue weighted by Crippen LogP contribution is -2.09. The maximum Gasteiger partial charge on any atom is 0.223 e. The Morgan fingerprint density at radius 2 is 2.23 bits per heavy atom. The second-order valence-corrected chi connectivity index (χ2v) is 6.31. The van der Waals surface area contributed by atoms with Crippen LogP contribution in [-0.2, 0) is 11.3 Å². The van der Waals surface area contributed by atoms with E-state index in [1.807, 2.05) is 19.1 Å². The molecule has 0 saturated carbocycles. The number of benzene rings is 1. The molecule has 6 nitrogen and oxygen atoms in total. The highest BCUT2D eigenvalue weighted by molar-refractivity contribution is 5.61. The van der Waals surface area contributed by atoms with Crippen LogP contribution in [0.4, 0.5) is 10.3 Å². The normalized spacial score (nSPS) is 16.8. The van der Waals surface area contributed by atoms with Crippen molar-refractivity contribution in [3.05, 3.63) is 59.3 Å². The minimum atomic E-state index is -0.263. The monoisotopic (exact) mass is 354 g/mol. The summed E-state index contributed by atoms with van der Waals surface area (Å²) >= 11 is 0. The van der Waals surface area contributed by atoms with Crippen LogP contribution < -0.4 is 5.32 Å². The van der Waals surface area contributed by atoms with Crippen molar-refractivity contribution in [3.8, 4) is 11.3 Å². The summed E-state index contributed by atoms with van der Waals surface area (Å²) in [7, 11) is 0. The first-order chi connectivity index (χ1) is 12.7. The van der Waals surface area contributed by atoms with Crippen LogP contribution >= 0.6 is 0 Å². The van der Waals surface area contributed by atoms with Crippen LogP contribution in [-0.4, -0.2) is 21.7 Å². The number of halogens is 1. The molecule has 26 heavy (non-hydrogen) atoms. The van der Waals surface area contributed by atoms with E-state index >= 15 is 0 Å². The van der Waals surface area contributed by atoms with Crippen molar-refractivity contribution in [2.24, 2.45) is 0 Å². The summed E-state index contributed by atoms with van der Waals surface area (Å²) in [5, 5.41) is 7.09. The zero-order valence-electron chi connectivity index (χ0n) is 14.4. The fourth-order valence-corrected chi connectivity index (χ4v) is 3.03. The Hall–Kier alpha value is -2.80. The van der Waals surface area contributed by atoms with Crippen LogP contribution in [0, 0.1) is 12.7 Å². The summed E-state index contributed by atoms with van der Waals surface area (Å²) in [5.41, 5.74) is 3.19. The second-order valence-electron chi connectivity index (χ2n) is 6.31. The molecule has 2 aromatic heterocycles. The molecule has 0 amide bonds. The number of hydrogen-bond acceptors (Lipinski definition) is 6. The lowest BCUT2D eigenvalue weighted by molar-refractivity contribution is 0.109. The van der Waals surface area contributed by atoms with E-state index in [0.29, 0.717) is 18.3 Å². The lowest BCUT2D eigenvalue weighted by atomic mass is 10.1. The van der Waals surface area contributed by atoms with Gasteiger partial charge in [0.25, 0.3) is 0 Å². The number of nitrogens with one attached hydrogen (secondary N) is 1. The summed E-state index contributed by atoms with van der Waals surface area (Å²) < 4.78 is 24.5. The van der Waals surface area contributed by atoms with E-state index in [9.17, 15) is 4.39 Å². The topological polar surface area (TPSA) is 73.1 Å². The Morgan fingerprint density at radius 1 is 1.31 bits per heavy atom. The molecule has 1 unspecified atom stereocenters. The molecule has 1 atom stereocenters. The summed E-state index contributed by atoms with van der Waals surface area (Å²) in [6.45, 7) is 3.02. The second kappa shape index (κ2) is 7.21. The molecule has 3 heterocycles. The average Bonchev–Trinajstić information content (AvgIpc) is 3.31. The summed E-state index contributed by atoms with van der Waals surface area (Å²) in [6.07, 6.45) is 3.53. The van der Waals surface area contributed by atoms with Crippen LogP contribution in [0.1, 0.15) is 35.9 Å². The van der Waals surface area contributed by atoms with E-state index in [-0.39, 0.29) is 11.9 Å². The molecule has 1 aliphatic heterocycles. The third kappa shape index (κ3) is 3.57. The Labute approximate surface area is 150 Å². The van der Waals surface area contributed by atoms with Crippen molar-refractivity contribution < 1.29 is 13.7 Å². The number of nitrogens with zero attached hydrogens (tertiary/aromatic N) is 3. The van der Waals surface area contributed by atoms with Crippen molar-refractivity contribution in [1.29, 1.82) is 0 Å². The Balaban J connectivity index is 1.61. The minimum absolute atomic E-state index is 0.0897. The standard InChI is InChI=1S/C19H19FN4O2/c1-12-8-17(26-24-12)15-11-22-19(23-18(15)16-6-3-7-25-16)21-10-13-4-2-5-14(20)9-13/h2,4-5,8-9,11,16H,3,6-7,10H2,1H3,(H,21,22,23). The van der Waals surface area contributed by atoms with Crippen LogP contribution in [0.2, 0.25) is 0 Å². The van der Waals surface area contributed by atoms with E-state index in [1.165, 1.54) is 12.1 Å². The molecule has 4 rings (SSSR count). The van der Waals surface area contributed by atoms with Crippen molar-refractivity contribution >= 4 is 5.95 Å². The van der Waals surface area contributed by atoms with Gasteiger partial charge in [0.05, 0.1) is 17.0 Å². The zero-order valence-corrected chi connectivity index (χ0v) is 14.4. The van der Waals surface area contributed by atoms with Gasteiger partial charge in [0.2, 0.25) is 5.95 Å². The third-order valence-corrected chi connectivity index (χ3v) is 4.29. The largest absolute Gasteiger partial charge is 0.372 e. The predicted octanol–water partition coefficient (Wildman–Crippen LogP) is 4.04. The molecule has 1 fully saturated rings. The number of anilines is 1. The highest BCUT2D eigenvalue weighted by Gasteiger charge is 2.25. The van der Waals surface area contributed by atoms with Gasteiger partial charge >= 0.3 is 0 Å². The molecule has 0 radical (unpaired) electrons. The lowest BCUT2D eigenvalue weighted by Gasteiger charge is -2.14. The Morgan fingerprint density at radius 3 is 2.96 bits per heavy atom. The first-order valence-corrected chi connectivity index (χ1v) is 8.59. The van der Waals surface area contributed by atoms with E-state index < -0.39 is 0 Å².